The first kappa shape index (κ1) is 15.7. The Bertz CT molecular complexity index is 497. The Labute approximate surface area is 125 Å². The van der Waals surface area contributed by atoms with Gasteiger partial charge in [0.05, 0.1) is 18.3 Å². The van der Waals surface area contributed by atoms with E-state index >= 15 is 0 Å². The van der Waals surface area contributed by atoms with Gasteiger partial charge in [-0.1, -0.05) is 42.5 Å². The molecule has 1 aliphatic rings. The highest BCUT2D eigenvalue weighted by atomic mass is 16.6. The minimum absolute atomic E-state index is 0.212. The van der Waals surface area contributed by atoms with E-state index in [1.54, 1.807) is 6.92 Å². The summed E-state index contributed by atoms with van der Waals surface area (Å²) >= 11 is 0. The lowest BCUT2D eigenvalue weighted by Crippen LogP contribution is -2.46. The predicted molar refractivity (Wildman–Crippen MR) is 79.7 cm³/mol. The lowest BCUT2D eigenvalue weighted by atomic mass is 9.81. The molecule has 114 valence electrons. The highest BCUT2D eigenvalue weighted by molar-refractivity contribution is 5.75. The van der Waals surface area contributed by atoms with Gasteiger partial charge in [-0.05, 0) is 19.4 Å². The van der Waals surface area contributed by atoms with E-state index in [4.69, 9.17) is 9.47 Å². The van der Waals surface area contributed by atoms with Crippen LogP contribution in [0.25, 0.3) is 0 Å². The maximum absolute atomic E-state index is 12.0. The number of allylic oxidation sites excluding steroid dienone is 1. The van der Waals surface area contributed by atoms with Gasteiger partial charge in [-0.2, -0.15) is 0 Å². The molecule has 1 saturated heterocycles. The van der Waals surface area contributed by atoms with Crippen LogP contribution in [-0.2, 0) is 19.9 Å². The second-order valence-electron chi connectivity index (χ2n) is 5.25. The van der Waals surface area contributed by atoms with Gasteiger partial charge in [0.1, 0.15) is 0 Å². The molecule has 1 fully saturated rings. The zero-order chi connectivity index (χ0) is 15.3. The minimum atomic E-state index is -1.08. The third kappa shape index (κ3) is 3.71. The molecule has 2 rings (SSSR count). The molecule has 0 bridgehead atoms. The molecule has 1 aromatic rings. The van der Waals surface area contributed by atoms with Crippen molar-refractivity contribution in [2.24, 2.45) is 0 Å². The van der Waals surface area contributed by atoms with Crippen molar-refractivity contribution in [2.75, 3.05) is 6.61 Å². The lowest BCUT2D eigenvalue weighted by molar-refractivity contribution is -0.180. The number of ether oxygens (including phenoxy) is 2. The van der Waals surface area contributed by atoms with Gasteiger partial charge in [0.2, 0.25) is 0 Å². The molecule has 1 aliphatic heterocycles. The van der Waals surface area contributed by atoms with Gasteiger partial charge >= 0.3 is 5.97 Å². The first-order chi connectivity index (χ1) is 10.1. The van der Waals surface area contributed by atoms with Gasteiger partial charge in [-0.15, -0.1) is 0 Å². The van der Waals surface area contributed by atoms with Crippen molar-refractivity contribution in [3.8, 4) is 0 Å². The largest absolute Gasteiger partial charge is 0.464 e. The Morgan fingerprint density at radius 1 is 1.43 bits per heavy atom. The Morgan fingerprint density at radius 3 is 2.76 bits per heavy atom. The topological polar surface area (TPSA) is 55.8 Å². The maximum atomic E-state index is 12.0. The van der Waals surface area contributed by atoms with Gasteiger partial charge in [-0.25, -0.2) is 4.79 Å². The number of carbonyl (C=O) groups is 1. The molecule has 0 saturated carbocycles. The molecular formula is C17H22O4. The summed E-state index contributed by atoms with van der Waals surface area (Å²) in [6.45, 7) is 3.95. The van der Waals surface area contributed by atoms with E-state index in [1.165, 1.54) is 0 Å². The molecule has 1 heterocycles. The Morgan fingerprint density at radius 2 is 2.14 bits per heavy atom. The van der Waals surface area contributed by atoms with Crippen molar-refractivity contribution in [1.29, 1.82) is 0 Å². The zero-order valence-electron chi connectivity index (χ0n) is 12.5. The van der Waals surface area contributed by atoms with E-state index < -0.39 is 17.7 Å². The molecule has 4 heteroatoms. The molecule has 0 unspecified atom stereocenters. The first-order valence-corrected chi connectivity index (χ1v) is 7.32. The summed E-state index contributed by atoms with van der Waals surface area (Å²) in [5.41, 5.74) is -0.279. The van der Waals surface area contributed by atoms with Crippen molar-refractivity contribution in [3.63, 3.8) is 0 Å². The number of esters is 1. The first-order valence-electron chi connectivity index (χ1n) is 7.32. The van der Waals surface area contributed by atoms with Crippen LogP contribution >= 0.6 is 0 Å². The average molecular weight is 290 g/mol. The molecule has 0 radical (unpaired) electrons. The van der Waals surface area contributed by atoms with Crippen molar-refractivity contribution in [3.05, 3.63) is 48.0 Å². The number of hydrogen-bond donors (Lipinski definition) is 1. The van der Waals surface area contributed by atoms with Crippen LogP contribution in [0.5, 0.6) is 0 Å². The average Bonchev–Trinajstić information content (AvgIpc) is 2.48. The van der Waals surface area contributed by atoms with E-state index in [2.05, 4.69) is 0 Å². The highest BCUT2D eigenvalue weighted by Gasteiger charge is 2.43. The molecule has 4 nitrogen and oxygen atoms in total. The molecule has 1 N–H and O–H groups in total. The number of carbonyl (C=O) groups excluding carboxylic acids is 1. The quantitative estimate of drug-likeness (QED) is 0.684. The van der Waals surface area contributed by atoms with Crippen LogP contribution in [0, 0.1) is 0 Å². The van der Waals surface area contributed by atoms with Gasteiger partial charge < -0.3 is 14.6 Å². The second kappa shape index (κ2) is 6.87. The van der Waals surface area contributed by atoms with Crippen molar-refractivity contribution < 1.29 is 19.4 Å². The Hall–Kier alpha value is -1.65. The summed E-state index contributed by atoms with van der Waals surface area (Å²) < 4.78 is 10.8. The monoisotopic (exact) mass is 290 g/mol. The maximum Gasteiger partial charge on any atom is 0.335 e. The van der Waals surface area contributed by atoms with Gasteiger partial charge in [-0.3, -0.25) is 0 Å². The summed E-state index contributed by atoms with van der Waals surface area (Å²) in [5.74, 6) is -0.416. The Balaban J connectivity index is 2.26. The van der Waals surface area contributed by atoms with E-state index in [0.29, 0.717) is 13.0 Å². The molecule has 0 aromatic heterocycles. The van der Waals surface area contributed by atoms with Crippen LogP contribution < -0.4 is 0 Å². The Kier molecular flexibility index (Phi) is 5.15. The summed E-state index contributed by atoms with van der Waals surface area (Å²) in [5, 5.41) is 11.0. The lowest BCUT2D eigenvalue weighted by Gasteiger charge is -2.39. The number of rotatable bonds is 4. The van der Waals surface area contributed by atoms with Gasteiger partial charge in [0, 0.05) is 12.8 Å². The standard InChI is InChI=1S/C17H22O4/c1-3-8-14-11-17(19,13-9-6-5-7-10-13)12-15(21-14)16(18)20-4-2/h3,5-10,14-15,19H,4,11-12H2,1-2H3/b8-3+/t14-,15-,17-/m0/s1. The smallest absolute Gasteiger partial charge is 0.335 e. The summed E-state index contributed by atoms with van der Waals surface area (Å²) in [6.07, 6.45) is 3.32. The third-order valence-electron chi connectivity index (χ3n) is 3.67. The van der Waals surface area contributed by atoms with Gasteiger partial charge in [0.15, 0.2) is 6.10 Å². The predicted octanol–water partition coefficient (Wildman–Crippen LogP) is 2.56. The van der Waals surface area contributed by atoms with E-state index in [9.17, 15) is 9.90 Å². The fourth-order valence-electron chi connectivity index (χ4n) is 2.72. The van der Waals surface area contributed by atoms with Crippen LogP contribution in [0.1, 0.15) is 32.3 Å². The fourth-order valence-corrected chi connectivity index (χ4v) is 2.72. The summed E-state index contributed by atoms with van der Waals surface area (Å²) in [4.78, 5) is 12.0. The van der Waals surface area contributed by atoms with Crippen LogP contribution in [0.3, 0.4) is 0 Å². The van der Waals surface area contributed by atoms with Crippen molar-refractivity contribution >= 4 is 5.97 Å². The van der Waals surface area contributed by atoms with Gasteiger partial charge in [0.25, 0.3) is 0 Å². The van der Waals surface area contributed by atoms with Crippen LogP contribution in [-0.4, -0.2) is 29.9 Å². The van der Waals surface area contributed by atoms with E-state index in [1.807, 2.05) is 49.4 Å². The van der Waals surface area contributed by atoms with Crippen molar-refractivity contribution in [2.45, 2.75) is 44.5 Å². The minimum Gasteiger partial charge on any atom is -0.464 e. The number of aliphatic hydroxyl groups is 1. The van der Waals surface area contributed by atoms with Crippen molar-refractivity contribution in [1.82, 2.24) is 0 Å². The second-order valence-corrected chi connectivity index (χ2v) is 5.25. The zero-order valence-corrected chi connectivity index (χ0v) is 12.5. The van der Waals surface area contributed by atoms with Crippen LogP contribution in [0.15, 0.2) is 42.5 Å². The summed E-state index contributed by atoms with van der Waals surface area (Å²) in [7, 11) is 0. The fraction of sp³-hybridized carbons (Fsp3) is 0.471. The number of benzene rings is 1. The molecule has 3 atom stereocenters. The highest BCUT2D eigenvalue weighted by Crippen LogP contribution is 2.38. The van der Waals surface area contributed by atoms with Crippen LogP contribution in [0.2, 0.25) is 0 Å². The molecular weight excluding hydrogens is 268 g/mol. The van der Waals surface area contributed by atoms with E-state index in [-0.39, 0.29) is 12.5 Å². The molecule has 0 spiro atoms. The third-order valence-corrected chi connectivity index (χ3v) is 3.67. The normalized spacial score (nSPS) is 29.5. The van der Waals surface area contributed by atoms with E-state index in [0.717, 1.165) is 5.56 Å². The molecule has 1 aromatic carbocycles. The number of hydrogen-bond acceptors (Lipinski definition) is 4. The SMILES string of the molecule is C/C=C/[C@H]1C[C@@](O)(c2ccccc2)C[C@@H](C(=O)OCC)O1. The summed E-state index contributed by atoms with van der Waals surface area (Å²) in [6, 6.07) is 9.42. The van der Waals surface area contributed by atoms with Crippen LogP contribution in [0.4, 0.5) is 0 Å². The molecule has 21 heavy (non-hydrogen) atoms. The molecule has 0 aliphatic carbocycles. The molecule has 0 amide bonds.